The maximum absolute atomic E-state index is 12.5. The SMILES string of the molecule is Cc1cc(S(=O)(=O)N(CCC(N)=S)C(C)C)sc1Cl. The highest BCUT2D eigenvalue weighted by Crippen LogP contribution is 2.32. The largest absolute Gasteiger partial charge is 0.393 e. The fourth-order valence-corrected chi connectivity index (χ4v) is 5.12. The molecule has 2 N–H and O–H groups in total. The number of sulfonamides is 1. The van der Waals surface area contributed by atoms with Crippen molar-refractivity contribution < 1.29 is 8.42 Å². The van der Waals surface area contributed by atoms with Crippen molar-refractivity contribution in [1.82, 2.24) is 4.31 Å². The number of thiophene rings is 1. The summed E-state index contributed by atoms with van der Waals surface area (Å²) in [5.74, 6) is 0. The first-order valence-electron chi connectivity index (χ1n) is 5.72. The molecule has 0 radical (unpaired) electrons. The number of thiocarbonyl (C=S) groups is 1. The summed E-state index contributed by atoms with van der Waals surface area (Å²) < 4.78 is 27.2. The first kappa shape index (κ1) is 16.8. The molecule has 1 aromatic heterocycles. The van der Waals surface area contributed by atoms with Gasteiger partial charge in [0.25, 0.3) is 10.0 Å². The highest BCUT2D eigenvalue weighted by atomic mass is 35.5. The Bertz CT molecular complexity index is 547. The average Bonchev–Trinajstić information content (AvgIpc) is 2.58. The lowest BCUT2D eigenvalue weighted by Crippen LogP contribution is -2.38. The van der Waals surface area contributed by atoms with Gasteiger partial charge in [-0.05, 0) is 32.4 Å². The summed E-state index contributed by atoms with van der Waals surface area (Å²) in [6.45, 7) is 5.70. The van der Waals surface area contributed by atoms with Crippen LogP contribution in [0.2, 0.25) is 4.34 Å². The predicted molar refractivity (Wildman–Crippen MR) is 84.5 cm³/mol. The van der Waals surface area contributed by atoms with Crippen LogP contribution in [0.4, 0.5) is 0 Å². The summed E-state index contributed by atoms with van der Waals surface area (Å²) in [7, 11) is -3.55. The molecule has 1 rings (SSSR count). The van der Waals surface area contributed by atoms with Crippen molar-refractivity contribution >= 4 is 50.2 Å². The van der Waals surface area contributed by atoms with Gasteiger partial charge in [-0.25, -0.2) is 8.42 Å². The van der Waals surface area contributed by atoms with Crippen LogP contribution >= 0.6 is 35.2 Å². The second-order valence-electron chi connectivity index (χ2n) is 4.45. The maximum Gasteiger partial charge on any atom is 0.252 e. The smallest absolute Gasteiger partial charge is 0.252 e. The lowest BCUT2D eigenvalue weighted by Gasteiger charge is -2.24. The van der Waals surface area contributed by atoms with Crippen LogP contribution in [0.15, 0.2) is 10.3 Å². The van der Waals surface area contributed by atoms with Crippen LogP contribution in [0, 0.1) is 6.92 Å². The Balaban J connectivity index is 3.09. The first-order chi connectivity index (χ1) is 8.66. The molecule has 0 bridgehead atoms. The fourth-order valence-electron chi connectivity index (χ4n) is 1.55. The van der Waals surface area contributed by atoms with Crippen molar-refractivity contribution in [2.75, 3.05) is 6.54 Å². The number of hydrogen-bond donors (Lipinski definition) is 1. The van der Waals surface area contributed by atoms with Crippen LogP contribution < -0.4 is 5.73 Å². The molecule has 19 heavy (non-hydrogen) atoms. The van der Waals surface area contributed by atoms with Crippen molar-refractivity contribution in [3.05, 3.63) is 16.0 Å². The van der Waals surface area contributed by atoms with Gasteiger partial charge < -0.3 is 5.73 Å². The second-order valence-corrected chi connectivity index (χ2v) is 8.74. The van der Waals surface area contributed by atoms with Gasteiger partial charge in [0.15, 0.2) is 0 Å². The van der Waals surface area contributed by atoms with Crippen LogP contribution in [0.25, 0.3) is 0 Å². The summed E-state index contributed by atoms with van der Waals surface area (Å²) in [6, 6.07) is 1.43. The van der Waals surface area contributed by atoms with Crippen LogP contribution in [-0.4, -0.2) is 30.3 Å². The molecule has 0 unspecified atom stereocenters. The van der Waals surface area contributed by atoms with Gasteiger partial charge in [0.05, 0.1) is 9.32 Å². The lowest BCUT2D eigenvalue weighted by atomic mass is 10.3. The standard InChI is InChI=1S/C11H17ClN2O2S3/c1-7(2)14(5-4-9(13)17)19(15,16)10-6-8(3)11(12)18-10/h6-7H,4-5H2,1-3H3,(H2,13,17). The average molecular weight is 341 g/mol. The zero-order valence-electron chi connectivity index (χ0n) is 11.0. The Kier molecular flexibility index (Phi) is 5.76. The van der Waals surface area contributed by atoms with Gasteiger partial charge >= 0.3 is 0 Å². The van der Waals surface area contributed by atoms with Gasteiger partial charge in [0.1, 0.15) is 4.21 Å². The highest BCUT2D eigenvalue weighted by Gasteiger charge is 2.28. The number of aryl methyl sites for hydroxylation is 1. The zero-order chi connectivity index (χ0) is 14.8. The Morgan fingerprint density at radius 1 is 1.58 bits per heavy atom. The molecule has 0 saturated heterocycles. The van der Waals surface area contributed by atoms with Crippen molar-refractivity contribution in [2.45, 2.75) is 37.4 Å². The topological polar surface area (TPSA) is 63.4 Å². The van der Waals surface area contributed by atoms with Crippen LogP contribution in [0.5, 0.6) is 0 Å². The Morgan fingerprint density at radius 3 is 2.53 bits per heavy atom. The molecular formula is C11H17ClN2O2S3. The first-order valence-corrected chi connectivity index (χ1v) is 8.76. The molecule has 0 aliphatic carbocycles. The minimum atomic E-state index is -3.55. The van der Waals surface area contributed by atoms with E-state index in [1.165, 1.54) is 4.31 Å². The van der Waals surface area contributed by atoms with Gasteiger partial charge in [0, 0.05) is 19.0 Å². The summed E-state index contributed by atoms with van der Waals surface area (Å²) >= 11 is 11.8. The van der Waals surface area contributed by atoms with E-state index in [0.717, 1.165) is 16.9 Å². The van der Waals surface area contributed by atoms with Crippen molar-refractivity contribution in [2.24, 2.45) is 5.73 Å². The summed E-state index contributed by atoms with van der Waals surface area (Å²) in [5, 5.41) is 0. The van der Waals surface area contributed by atoms with E-state index < -0.39 is 10.0 Å². The Morgan fingerprint density at radius 2 is 2.16 bits per heavy atom. The van der Waals surface area contributed by atoms with E-state index in [0.29, 0.717) is 15.7 Å². The van der Waals surface area contributed by atoms with Crippen molar-refractivity contribution in [1.29, 1.82) is 0 Å². The summed E-state index contributed by atoms with van der Waals surface area (Å²) in [6.07, 6.45) is 0.366. The quantitative estimate of drug-likeness (QED) is 0.809. The monoisotopic (exact) mass is 340 g/mol. The molecular weight excluding hydrogens is 324 g/mol. The third-order valence-corrected chi connectivity index (χ3v) is 6.84. The van der Waals surface area contributed by atoms with Gasteiger partial charge in [-0.15, -0.1) is 11.3 Å². The number of rotatable bonds is 6. The van der Waals surface area contributed by atoms with Crippen molar-refractivity contribution in [3.8, 4) is 0 Å². The molecule has 4 nitrogen and oxygen atoms in total. The molecule has 0 aromatic carbocycles. The maximum atomic E-state index is 12.5. The molecule has 1 heterocycles. The molecule has 0 amide bonds. The summed E-state index contributed by atoms with van der Waals surface area (Å²) in [4.78, 5) is 0.307. The molecule has 0 aliphatic heterocycles. The molecule has 0 aliphatic rings. The van der Waals surface area contributed by atoms with E-state index in [1.807, 2.05) is 13.8 Å². The number of halogens is 1. The molecule has 0 saturated carbocycles. The van der Waals surface area contributed by atoms with E-state index in [1.54, 1.807) is 13.0 Å². The van der Waals surface area contributed by atoms with Gasteiger partial charge in [-0.2, -0.15) is 4.31 Å². The summed E-state index contributed by atoms with van der Waals surface area (Å²) in [5.41, 5.74) is 6.21. The predicted octanol–water partition coefficient (Wildman–Crippen LogP) is 2.79. The third-order valence-electron chi connectivity index (χ3n) is 2.55. The fraction of sp³-hybridized carbons (Fsp3) is 0.545. The van der Waals surface area contributed by atoms with E-state index in [9.17, 15) is 8.42 Å². The van der Waals surface area contributed by atoms with Crippen LogP contribution in [0.1, 0.15) is 25.8 Å². The van der Waals surface area contributed by atoms with E-state index in [4.69, 9.17) is 29.6 Å². The number of hydrogen-bond acceptors (Lipinski definition) is 4. The molecule has 1 aromatic rings. The highest BCUT2D eigenvalue weighted by molar-refractivity contribution is 7.91. The number of nitrogens with zero attached hydrogens (tertiary/aromatic N) is 1. The molecule has 0 atom stereocenters. The van der Waals surface area contributed by atoms with Gasteiger partial charge in [-0.3, -0.25) is 0 Å². The zero-order valence-corrected chi connectivity index (χ0v) is 14.2. The molecule has 108 valence electrons. The molecule has 8 heteroatoms. The van der Waals surface area contributed by atoms with E-state index >= 15 is 0 Å². The van der Waals surface area contributed by atoms with Crippen molar-refractivity contribution in [3.63, 3.8) is 0 Å². The van der Waals surface area contributed by atoms with E-state index in [2.05, 4.69) is 0 Å². The second kappa shape index (κ2) is 6.49. The third kappa shape index (κ3) is 4.13. The Hall–Kier alpha value is -0.210. The van der Waals surface area contributed by atoms with Gasteiger partial charge in [-0.1, -0.05) is 23.8 Å². The lowest BCUT2D eigenvalue weighted by molar-refractivity contribution is 0.363. The molecule has 0 spiro atoms. The number of nitrogens with two attached hydrogens (primary N) is 1. The van der Waals surface area contributed by atoms with Crippen LogP contribution in [0.3, 0.4) is 0 Å². The Labute approximate surface area is 128 Å². The minimum Gasteiger partial charge on any atom is -0.393 e. The van der Waals surface area contributed by atoms with Gasteiger partial charge in [0.2, 0.25) is 0 Å². The van der Waals surface area contributed by atoms with Crippen LogP contribution in [-0.2, 0) is 10.0 Å². The molecule has 0 fully saturated rings. The van der Waals surface area contributed by atoms with E-state index in [-0.39, 0.29) is 16.8 Å². The normalized spacial score (nSPS) is 12.3. The minimum absolute atomic E-state index is 0.166.